The fourth-order valence-electron chi connectivity index (χ4n) is 1.91. The normalized spacial score (nSPS) is 11.9. The van der Waals surface area contributed by atoms with Gasteiger partial charge < -0.3 is 4.98 Å². The summed E-state index contributed by atoms with van der Waals surface area (Å²) in [6.07, 6.45) is 3.70. The molecule has 0 spiro atoms. The van der Waals surface area contributed by atoms with Crippen molar-refractivity contribution < 1.29 is 0 Å². The number of aromatic amines is 1. The fraction of sp³-hybridized carbons (Fsp3) is 0.308. The van der Waals surface area contributed by atoms with E-state index in [4.69, 9.17) is 0 Å². The summed E-state index contributed by atoms with van der Waals surface area (Å²) in [5.41, 5.74) is 5.17. The Bertz CT molecular complexity index is 449. The first-order valence-corrected chi connectivity index (χ1v) is 5.25. The maximum absolute atomic E-state index is 4.31. The van der Waals surface area contributed by atoms with E-state index >= 15 is 0 Å². The van der Waals surface area contributed by atoms with Crippen LogP contribution in [0.25, 0.3) is 0 Å². The molecule has 2 nitrogen and oxygen atoms in total. The van der Waals surface area contributed by atoms with Gasteiger partial charge in [0.1, 0.15) is 0 Å². The SMILES string of the molecule is Br.Cc1cccc([C@H](C)c2c[nH]cn2)c1C. The highest BCUT2D eigenvalue weighted by molar-refractivity contribution is 8.93. The molecule has 0 saturated heterocycles. The highest BCUT2D eigenvalue weighted by Gasteiger charge is 2.12. The molecule has 2 rings (SSSR count). The van der Waals surface area contributed by atoms with Crippen molar-refractivity contribution in [2.75, 3.05) is 0 Å². The van der Waals surface area contributed by atoms with Crippen LogP contribution >= 0.6 is 17.0 Å². The quantitative estimate of drug-likeness (QED) is 0.892. The highest BCUT2D eigenvalue weighted by Crippen LogP contribution is 2.26. The lowest BCUT2D eigenvalue weighted by Gasteiger charge is -2.14. The predicted molar refractivity (Wildman–Crippen MR) is 72.3 cm³/mol. The van der Waals surface area contributed by atoms with Crippen LogP contribution < -0.4 is 0 Å². The summed E-state index contributed by atoms with van der Waals surface area (Å²) >= 11 is 0. The number of hydrogen-bond acceptors (Lipinski definition) is 1. The Labute approximate surface area is 107 Å². The summed E-state index contributed by atoms with van der Waals surface area (Å²) in [6, 6.07) is 6.44. The summed E-state index contributed by atoms with van der Waals surface area (Å²) in [4.78, 5) is 7.31. The van der Waals surface area contributed by atoms with E-state index in [2.05, 4.69) is 48.9 Å². The molecule has 1 atom stereocenters. The van der Waals surface area contributed by atoms with E-state index in [9.17, 15) is 0 Å². The highest BCUT2D eigenvalue weighted by atomic mass is 79.9. The molecule has 16 heavy (non-hydrogen) atoms. The Kier molecular flexibility index (Phi) is 4.30. The zero-order valence-electron chi connectivity index (χ0n) is 9.82. The first-order valence-electron chi connectivity index (χ1n) is 5.25. The van der Waals surface area contributed by atoms with E-state index in [-0.39, 0.29) is 17.0 Å². The summed E-state index contributed by atoms with van der Waals surface area (Å²) in [6.45, 7) is 6.52. The first kappa shape index (κ1) is 13.0. The molecular formula is C13H17BrN2. The van der Waals surface area contributed by atoms with Gasteiger partial charge in [-0.05, 0) is 30.5 Å². The van der Waals surface area contributed by atoms with Gasteiger partial charge in [0.2, 0.25) is 0 Å². The van der Waals surface area contributed by atoms with Crippen molar-refractivity contribution in [2.24, 2.45) is 0 Å². The molecule has 0 aliphatic rings. The van der Waals surface area contributed by atoms with E-state index in [1.165, 1.54) is 16.7 Å². The number of imidazole rings is 1. The molecule has 0 amide bonds. The second kappa shape index (κ2) is 5.30. The Morgan fingerprint density at radius 1 is 1.25 bits per heavy atom. The third-order valence-electron chi connectivity index (χ3n) is 3.08. The molecule has 1 heterocycles. The molecular weight excluding hydrogens is 264 g/mol. The number of aryl methyl sites for hydroxylation is 1. The number of nitrogens with zero attached hydrogens (tertiary/aromatic N) is 1. The topological polar surface area (TPSA) is 28.7 Å². The molecule has 0 aliphatic heterocycles. The lowest BCUT2D eigenvalue weighted by Crippen LogP contribution is -2.00. The van der Waals surface area contributed by atoms with Crippen molar-refractivity contribution in [2.45, 2.75) is 26.7 Å². The maximum atomic E-state index is 4.31. The van der Waals surface area contributed by atoms with Crippen LogP contribution in [-0.2, 0) is 0 Å². The first-order chi connectivity index (χ1) is 7.20. The van der Waals surface area contributed by atoms with Crippen molar-refractivity contribution in [3.05, 3.63) is 53.1 Å². The zero-order chi connectivity index (χ0) is 10.8. The Morgan fingerprint density at radius 3 is 2.62 bits per heavy atom. The minimum Gasteiger partial charge on any atom is -0.351 e. The van der Waals surface area contributed by atoms with E-state index in [1.807, 2.05) is 6.20 Å². The van der Waals surface area contributed by atoms with Crippen LogP contribution in [0, 0.1) is 13.8 Å². The summed E-state index contributed by atoms with van der Waals surface area (Å²) in [7, 11) is 0. The average molecular weight is 281 g/mol. The second-order valence-electron chi connectivity index (χ2n) is 4.00. The molecule has 0 bridgehead atoms. The molecule has 2 aromatic rings. The van der Waals surface area contributed by atoms with Crippen LogP contribution in [0.4, 0.5) is 0 Å². The monoisotopic (exact) mass is 280 g/mol. The van der Waals surface area contributed by atoms with Crippen molar-refractivity contribution in [3.8, 4) is 0 Å². The zero-order valence-corrected chi connectivity index (χ0v) is 11.5. The van der Waals surface area contributed by atoms with Gasteiger partial charge in [-0.25, -0.2) is 4.98 Å². The molecule has 3 heteroatoms. The number of H-pyrrole nitrogens is 1. The van der Waals surface area contributed by atoms with Crippen LogP contribution in [0.15, 0.2) is 30.7 Å². The molecule has 1 aromatic heterocycles. The third-order valence-corrected chi connectivity index (χ3v) is 3.08. The summed E-state index contributed by atoms with van der Waals surface area (Å²) in [5, 5.41) is 0. The second-order valence-corrected chi connectivity index (χ2v) is 4.00. The fourth-order valence-corrected chi connectivity index (χ4v) is 1.91. The molecule has 1 aromatic carbocycles. The van der Waals surface area contributed by atoms with Gasteiger partial charge in [0, 0.05) is 12.1 Å². The van der Waals surface area contributed by atoms with Crippen LogP contribution in [-0.4, -0.2) is 9.97 Å². The average Bonchev–Trinajstić information content (AvgIpc) is 2.74. The van der Waals surface area contributed by atoms with Gasteiger partial charge in [0.05, 0.1) is 12.0 Å². The number of aromatic nitrogens is 2. The predicted octanol–water partition coefficient (Wildman–Crippen LogP) is 3.76. The van der Waals surface area contributed by atoms with E-state index in [0.717, 1.165) is 5.69 Å². The summed E-state index contributed by atoms with van der Waals surface area (Å²) in [5.74, 6) is 0.358. The van der Waals surface area contributed by atoms with Crippen molar-refractivity contribution in [1.82, 2.24) is 9.97 Å². The van der Waals surface area contributed by atoms with Crippen molar-refractivity contribution in [1.29, 1.82) is 0 Å². The van der Waals surface area contributed by atoms with Crippen LogP contribution in [0.3, 0.4) is 0 Å². The van der Waals surface area contributed by atoms with E-state index in [1.54, 1.807) is 6.33 Å². The van der Waals surface area contributed by atoms with Crippen LogP contribution in [0.1, 0.15) is 35.2 Å². The molecule has 1 N–H and O–H groups in total. The molecule has 0 aliphatic carbocycles. The van der Waals surface area contributed by atoms with Gasteiger partial charge in [-0.15, -0.1) is 17.0 Å². The van der Waals surface area contributed by atoms with Crippen LogP contribution in [0.2, 0.25) is 0 Å². The smallest absolute Gasteiger partial charge is 0.0923 e. The van der Waals surface area contributed by atoms with Gasteiger partial charge in [-0.3, -0.25) is 0 Å². The largest absolute Gasteiger partial charge is 0.351 e. The van der Waals surface area contributed by atoms with Crippen molar-refractivity contribution in [3.63, 3.8) is 0 Å². The lowest BCUT2D eigenvalue weighted by atomic mass is 9.92. The van der Waals surface area contributed by atoms with Gasteiger partial charge in [0.25, 0.3) is 0 Å². The van der Waals surface area contributed by atoms with Gasteiger partial charge in [-0.2, -0.15) is 0 Å². The van der Waals surface area contributed by atoms with E-state index in [0.29, 0.717) is 5.92 Å². The van der Waals surface area contributed by atoms with Gasteiger partial charge in [-0.1, -0.05) is 25.1 Å². The standard InChI is InChI=1S/C13H16N2.BrH/c1-9-5-4-6-12(10(9)2)11(3)13-7-14-8-15-13;/h4-8,11H,1-3H3,(H,14,15);1H/t11-;/m0./s1. The lowest BCUT2D eigenvalue weighted by molar-refractivity contribution is 0.871. The minimum absolute atomic E-state index is 0. The number of nitrogens with one attached hydrogen (secondary N) is 1. The Hall–Kier alpha value is -1.09. The summed E-state index contributed by atoms with van der Waals surface area (Å²) < 4.78 is 0. The molecule has 86 valence electrons. The van der Waals surface area contributed by atoms with Gasteiger partial charge in [0.15, 0.2) is 0 Å². The Balaban J connectivity index is 0.00000128. The molecule has 0 fully saturated rings. The Morgan fingerprint density at radius 2 is 2.00 bits per heavy atom. The van der Waals surface area contributed by atoms with Crippen molar-refractivity contribution >= 4 is 17.0 Å². The van der Waals surface area contributed by atoms with E-state index < -0.39 is 0 Å². The van der Waals surface area contributed by atoms with Gasteiger partial charge >= 0.3 is 0 Å². The molecule has 0 unspecified atom stereocenters. The number of halogens is 1. The van der Waals surface area contributed by atoms with Crippen LogP contribution in [0.5, 0.6) is 0 Å². The molecule has 0 saturated carbocycles. The maximum Gasteiger partial charge on any atom is 0.0923 e. The number of rotatable bonds is 2. The molecule has 0 radical (unpaired) electrons. The number of benzene rings is 1. The number of hydrogen-bond donors (Lipinski definition) is 1. The third kappa shape index (κ3) is 2.35. The minimum atomic E-state index is 0.